The van der Waals surface area contributed by atoms with Crippen molar-refractivity contribution in [3.8, 4) is 0 Å². The third-order valence-corrected chi connectivity index (χ3v) is 6.90. The predicted octanol–water partition coefficient (Wildman–Crippen LogP) is 3.73. The van der Waals surface area contributed by atoms with E-state index in [0.717, 1.165) is 5.92 Å². The van der Waals surface area contributed by atoms with Crippen LogP contribution in [-0.2, 0) is 17.7 Å². The second-order valence-electron chi connectivity index (χ2n) is 6.95. The van der Waals surface area contributed by atoms with E-state index < -0.39 is 0 Å². The van der Waals surface area contributed by atoms with Crippen LogP contribution in [0.3, 0.4) is 0 Å². The Morgan fingerprint density at radius 2 is 2.14 bits per heavy atom. The summed E-state index contributed by atoms with van der Waals surface area (Å²) in [6.45, 7) is 4.88. The maximum atomic E-state index is 2.63. The molecule has 1 aromatic heterocycles. The lowest BCUT2D eigenvalue weighted by Gasteiger charge is -2.46. The highest BCUT2D eigenvalue weighted by Crippen LogP contribution is 2.53. The first kappa shape index (κ1) is 13.7. The lowest BCUT2D eigenvalue weighted by Crippen LogP contribution is -2.43. The van der Waals surface area contributed by atoms with Crippen LogP contribution in [0.2, 0.25) is 0 Å². The number of benzene rings is 1. The normalized spacial score (nSPS) is 28.1. The summed E-state index contributed by atoms with van der Waals surface area (Å²) >= 11 is 2.19. The van der Waals surface area contributed by atoms with E-state index in [9.17, 15) is 0 Å². The molecule has 0 saturated heterocycles. The van der Waals surface area contributed by atoms with Gasteiger partial charge in [0.05, 0.1) is 4.75 Å². The molecule has 0 N–H and O–H groups in total. The van der Waals surface area contributed by atoms with Gasteiger partial charge in [-0.15, -0.1) is 11.8 Å². The molecule has 3 heteroatoms. The molecule has 4 rings (SSSR count). The van der Waals surface area contributed by atoms with Gasteiger partial charge in [0.2, 0.25) is 0 Å². The van der Waals surface area contributed by atoms with Crippen LogP contribution < -0.4 is 0 Å². The number of aryl methyl sites for hydroxylation is 2. The molecule has 0 saturated carbocycles. The Kier molecular flexibility index (Phi) is 3.13. The summed E-state index contributed by atoms with van der Waals surface area (Å²) in [4.78, 5) is 2.36. The number of nitrogens with zero attached hydrogens (tertiary/aromatic N) is 2. The van der Waals surface area contributed by atoms with Gasteiger partial charge in [-0.1, -0.05) is 18.2 Å². The van der Waals surface area contributed by atoms with Crippen molar-refractivity contribution in [3.05, 3.63) is 35.5 Å². The topological polar surface area (TPSA) is 8.17 Å². The molecule has 2 aromatic rings. The van der Waals surface area contributed by atoms with Gasteiger partial charge in [0.1, 0.15) is 0 Å². The first-order valence-corrected chi connectivity index (χ1v) is 8.99. The van der Waals surface area contributed by atoms with Crippen LogP contribution in [0.15, 0.2) is 24.3 Å². The van der Waals surface area contributed by atoms with Crippen molar-refractivity contribution in [2.24, 2.45) is 5.92 Å². The van der Waals surface area contributed by atoms with Crippen LogP contribution in [0.25, 0.3) is 10.9 Å². The molecule has 0 aliphatic carbocycles. The summed E-state index contributed by atoms with van der Waals surface area (Å²) < 4.78 is 2.91. The number of fused-ring (bicyclic) bond motifs is 3. The smallest absolute Gasteiger partial charge is 0.0576 e. The molecule has 2 unspecified atom stereocenters. The van der Waals surface area contributed by atoms with Gasteiger partial charge in [-0.3, -0.25) is 0 Å². The zero-order valence-electron chi connectivity index (χ0n) is 13.2. The van der Waals surface area contributed by atoms with E-state index in [4.69, 9.17) is 0 Å². The summed E-state index contributed by atoms with van der Waals surface area (Å²) in [5.74, 6) is 2.02. The van der Waals surface area contributed by atoms with E-state index in [1.54, 1.807) is 11.3 Å². The first-order valence-electron chi connectivity index (χ1n) is 8.00. The Balaban J connectivity index is 1.94. The van der Waals surface area contributed by atoms with Gasteiger partial charge in [0.25, 0.3) is 0 Å². The third kappa shape index (κ3) is 1.90. The Labute approximate surface area is 131 Å². The summed E-state index contributed by atoms with van der Waals surface area (Å²) in [6.07, 6.45) is 2.53. The summed E-state index contributed by atoms with van der Waals surface area (Å²) in [5.41, 5.74) is 4.73. The fourth-order valence-electron chi connectivity index (χ4n) is 4.44. The van der Waals surface area contributed by atoms with E-state index in [1.165, 1.54) is 42.6 Å². The van der Waals surface area contributed by atoms with Crippen molar-refractivity contribution in [3.63, 3.8) is 0 Å². The Morgan fingerprint density at radius 3 is 2.95 bits per heavy atom. The molecule has 2 atom stereocenters. The van der Waals surface area contributed by atoms with Crippen LogP contribution in [0.1, 0.15) is 24.6 Å². The largest absolute Gasteiger partial charge is 0.343 e. The molecule has 2 nitrogen and oxygen atoms in total. The predicted molar refractivity (Wildman–Crippen MR) is 92.1 cm³/mol. The molecule has 112 valence electrons. The Hall–Kier alpha value is -0.930. The van der Waals surface area contributed by atoms with Crippen LogP contribution in [0, 0.1) is 5.92 Å². The van der Waals surface area contributed by atoms with Crippen molar-refractivity contribution in [1.82, 2.24) is 9.47 Å². The summed E-state index contributed by atoms with van der Waals surface area (Å²) in [5, 5.41) is 1.50. The fraction of sp³-hybridized carbons (Fsp3) is 0.556. The quantitative estimate of drug-likeness (QED) is 0.835. The van der Waals surface area contributed by atoms with Gasteiger partial charge in [-0.05, 0) is 57.2 Å². The molecule has 0 radical (unpaired) electrons. The molecule has 2 aliphatic rings. The van der Waals surface area contributed by atoms with E-state index in [1.807, 2.05) is 0 Å². The number of para-hydroxylation sites is 1. The molecular formula is C18H24N2S. The van der Waals surface area contributed by atoms with Crippen molar-refractivity contribution in [1.29, 1.82) is 0 Å². The van der Waals surface area contributed by atoms with Gasteiger partial charge in [-0.25, -0.2) is 0 Å². The zero-order valence-corrected chi connectivity index (χ0v) is 14.0. The second kappa shape index (κ2) is 4.79. The minimum atomic E-state index is 0.287. The highest BCUT2D eigenvalue weighted by molar-refractivity contribution is 8.00. The summed E-state index contributed by atoms with van der Waals surface area (Å²) in [7, 11) is 4.42. The number of rotatable bonds is 2. The highest BCUT2D eigenvalue weighted by Gasteiger charge is 2.46. The van der Waals surface area contributed by atoms with Crippen molar-refractivity contribution < 1.29 is 0 Å². The van der Waals surface area contributed by atoms with E-state index >= 15 is 0 Å². The number of thioether (sulfide) groups is 1. The molecule has 0 bridgehead atoms. The lowest BCUT2D eigenvalue weighted by atomic mass is 9.82. The summed E-state index contributed by atoms with van der Waals surface area (Å²) in [6, 6.07) is 9.02. The maximum Gasteiger partial charge on any atom is 0.0576 e. The molecule has 1 aromatic carbocycles. The highest BCUT2D eigenvalue weighted by atomic mass is 32.2. The minimum Gasteiger partial charge on any atom is -0.343 e. The lowest BCUT2D eigenvalue weighted by molar-refractivity contribution is 0.230. The molecular weight excluding hydrogens is 276 g/mol. The van der Waals surface area contributed by atoms with E-state index in [0.29, 0.717) is 0 Å². The van der Waals surface area contributed by atoms with Crippen molar-refractivity contribution in [2.45, 2.75) is 31.1 Å². The average molecular weight is 300 g/mol. The van der Waals surface area contributed by atoms with Gasteiger partial charge in [0.15, 0.2) is 0 Å². The average Bonchev–Trinajstić information content (AvgIpc) is 2.79. The Bertz CT molecular complexity index is 655. The molecule has 2 aliphatic heterocycles. The monoisotopic (exact) mass is 300 g/mol. The Morgan fingerprint density at radius 1 is 1.33 bits per heavy atom. The number of aromatic nitrogens is 1. The standard InChI is InChI=1S/C18H24N2S/c1-18-13(12-19(2)3)8-10-20-16-7-5-4-6-14(16)15(17(18)20)9-11-21-18/h4-7,13H,8-12H2,1-3H3. The van der Waals surface area contributed by atoms with Gasteiger partial charge in [-0.2, -0.15) is 0 Å². The zero-order chi connectivity index (χ0) is 14.6. The van der Waals surface area contributed by atoms with Gasteiger partial charge in [0, 0.05) is 29.7 Å². The maximum absolute atomic E-state index is 2.63. The van der Waals surface area contributed by atoms with Gasteiger partial charge >= 0.3 is 0 Å². The van der Waals surface area contributed by atoms with E-state index in [-0.39, 0.29) is 4.75 Å². The van der Waals surface area contributed by atoms with Crippen molar-refractivity contribution >= 4 is 22.7 Å². The molecule has 21 heavy (non-hydrogen) atoms. The number of hydrogen-bond acceptors (Lipinski definition) is 2. The second-order valence-corrected chi connectivity index (χ2v) is 8.49. The minimum absolute atomic E-state index is 0.287. The molecule has 3 heterocycles. The van der Waals surface area contributed by atoms with Crippen LogP contribution in [0.4, 0.5) is 0 Å². The van der Waals surface area contributed by atoms with Gasteiger partial charge < -0.3 is 9.47 Å². The van der Waals surface area contributed by atoms with Crippen molar-refractivity contribution in [2.75, 3.05) is 26.4 Å². The molecule has 0 spiro atoms. The fourth-order valence-corrected chi connectivity index (χ4v) is 5.97. The van der Waals surface area contributed by atoms with Crippen LogP contribution in [0.5, 0.6) is 0 Å². The number of hydrogen-bond donors (Lipinski definition) is 0. The first-order chi connectivity index (χ1) is 10.1. The third-order valence-electron chi connectivity index (χ3n) is 5.37. The van der Waals surface area contributed by atoms with Crippen LogP contribution >= 0.6 is 11.8 Å². The van der Waals surface area contributed by atoms with Crippen LogP contribution in [-0.4, -0.2) is 35.9 Å². The SMILES string of the molecule is CN(C)CC1CCn2c3c(c4ccccc42)CCSC31C. The van der Waals surface area contributed by atoms with E-state index in [2.05, 4.69) is 66.5 Å². The molecule has 0 amide bonds. The molecule has 0 fully saturated rings.